The van der Waals surface area contributed by atoms with Gasteiger partial charge in [0.05, 0.1) is 13.2 Å². The fraction of sp³-hybridized carbons (Fsp3) is 0.278. The molecule has 1 unspecified atom stereocenters. The minimum absolute atomic E-state index is 0.0457. The average molecular weight is 380 g/mol. The van der Waals surface area contributed by atoms with Crippen LogP contribution in [0, 0.1) is 17.0 Å². The highest BCUT2D eigenvalue weighted by atomic mass is 19.1. The summed E-state index contributed by atoms with van der Waals surface area (Å²) in [6.07, 6.45) is 1.68. The Morgan fingerprint density at radius 3 is 2.63 bits per heavy atom. The third kappa shape index (κ3) is 4.76. The standard InChI is InChI=1S/C18H18F2N2O5/c1-3-18(25,8-14(21)10-4-11(19)6-12(20)5-10)17(24)22-13-7-15(27-9-13)16(23)26-2/h3-7,13,21,25H,1,8-9H2,2H3,(H,22,24)/t13-,18?/m1/s1. The third-order valence-corrected chi connectivity index (χ3v) is 3.86. The van der Waals surface area contributed by atoms with Crippen LogP contribution in [-0.4, -0.2) is 48.1 Å². The molecular formula is C18H18F2N2O5. The molecule has 0 aromatic heterocycles. The molecule has 0 saturated heterocycles. The van der Waals surface area contributed by atoms with Crippen LogP contribution < -0.4 is 5.32 Å². The summed E-state index contributed by atoms with van der Waals surface area (Å²) in [5, 5.41) is 20.9. The minimum atomic E-state index is -2.21. The molecular weight excluding hydrogens is 362 g/mol. The zero-order chi connectivity index (χ0) is 20.2. The van der Waals surface area contributed by atoms with E-state index in [1.165, 1.54) is 13.2 Å². The summed E-state index contributed by atoms with van der Waals surface area (Å²) in [5.74, 6) is -3.46. The van der Waals surface area contributed by atoms with Gasteiger partial charge in [0.1, 0.15) is 18.2 Å². The lowest BCUT2D eigenvalue weighted by atomic mass is 9.92. The van der Waals surface area contributed by atoms with Crippen molar-refractivity contribution in [3.05, 3.63) is 59.9 Å². The molecule has 2 atom stereocenters. The van der Waals surface area contributed by atoms with Gasteiger partial charge in [-0.2, -0.15) is 0 Å². The Hall–Kier alpha value is -3.07. The SMILES string of the molecule is C=CC(O)(CC(=N)c1cc(F)cc(F)c1)C(=O)N[C@@H]1C=C(C(=O)OC)OC1. The largest absolute Gasteiger partial charge is 0.484 e. The smallest absolute Gasteiger partial charge is 0.373 e. The van der Waals surface area contributed by atoms with Gasteiger partial charge in [0.2, 0.25) is 5.76 Å². The highest BCUT2D eigenvalue weighted by Gasteiger charge is 2.36. The van der Waals surface area contributed by atoms with Gasteiger partial charge in [0, 0.05) is 23.8 Å². The van der Waals surface area contributed by atoms with Gasteiger partial charge in [-0.1, -0.05) is 12.7 Å². The molecule has 1 aromatic carbocycles. The molecule has 0 spiro atoms. The molecule has 0 fully saturated rings. The summed E-state index contributed by atoms with van der Waals surface area (Å²) >= 11 is 0. The van der Waals surface area contributed by atoms with Crippen LogP contribution in [0.15, 0.2) is 42.7 Å². The van der Waals surface area contributed by atoms with Crippen molar-refractivity contribution in [1.29, 1.82) is 5.41 Å². The second-order valence-corrected chi connectivity index (χ2v) is 5.86. The summed E-state index contributed by atoms with van der Waals surface area (Å²) in [6, 6.07) is 1.78. The molecule has 2 rings (SSSR count). The second-order valence-electron chi connectivity index (χ2n) is 5.86. The lowest BCUT2D eigenvalue weighted by Crippen LogP contribution is -2.50. The quantitative estimate of drug-likeness (QED) is 0.374. The fourth-order valence-electron chi connectivity index (χ4n) is 2.41. The maximum Gasteiger partial charge on any atom is 0.373 e. The molecule has 1 aliphatic rings. The predicted octanol–water partition coefficient (Wildman–Crippen LogP) is 1.21. The summed E-state index contributed by atoms with van der Waals surface area (Å²) in [6.45, 7) is 3.34. The van der Waals surface area contributed by atoms with Crippen molar-refractivity contribution in [2.45, 2.75) is 18.1 Å². The summed E-state index contributed by atoms with van der Waals surface area (Å²) < 4.78 is 36.2. The number of aliphatic hydroxyl groups is 1. The Kier molecular flexibility index (Phi) is 6.06. The molecule has 3 N–H and O–H groups in total. The van der Waals surface area contributed by atoms with Crippen molar-refractivity contribution >= 4 is 17.6 Å². The van der Waals surface area contributed by atoms with E-state index in [0.717, 1.165) is 18.2 Å². The van der Waals surface area contributed by atoms with Crippen molar-refractivity contribution in [1.82, 2.24) is 5.32 Å². The van der Waals surface area contributed by atoms with E-state index in [1.54, 1.807) is 0 Å². The summed E-state index contributed by atoms with van der Waals surface area (Å²) in [4.78, 5) is 23.8. The van der Waals surface area contributed by atoms with Crippen molar-refractivity contribution in [3.63, 3.8) is 0 Å². The number of esters is 1. The molecule has 0 bridgehead atoms. The number of nitrogens with one attached hydrogen (secondary N) is 2. The number of carbonyl (C=O) groups excluding carboxylic acids is 2. The first-order valence-electron chi connectivity index (χ1n) is 7.82. The van der Waals surface area contributed by atoms with Gasteiger partial charge < -0.3 is 25.3 Å². The lowest BCUT2D eigenvalue weighted by molar-refractivity contribution is -0.139. The molecule has 1 amide bonds. The molecule has 7 nitrogen and oxygen atoms in total. The molecule has 1 heterocycles. The van der Waals surface area contributed by atoms with Gasteiger partial charge >= 0.3 is 5.97 Å². The Balaban J connectivity index is 2.10. The summed E-state index contributed by atoms with van der Waals surface area (Å²) in [7, 11) is 1.18. The van der Waals surface area contributed by atoms with Gasteiger partial charge in [-0.15, -0.1) is 0 Å². The number of rotatable bonds is 7. The number of hydrogen-bond donors (Lipinski definition) is 3. The summed E-state index contributed by atoms with van der Waals surface area (Å²) in [5.41, 5.74) is -2.68. The fourth-order valence-corrected chi connectivity index (χ4v) is 2.41. The molecule has 1 aromatic rings. The Morgan fingerprint density at radius 2 is 2.07 bits per heavy atom. The topological polar surface area (TPSA) is 109 Å². The normalized spacial score (nSPS) is 17.9. The molecule has 0 aliphatic carbocycles. The molecule has 144 valence electrons. The van der Waals surface area contributed by atoms with Crippen LogP contribution in [0.3, 0.4) is 0 Å². The van der Waals surface area contributed by atoms with E-state index in [1.807, 2.05) is 0 Å². The zero-order valence-electron chi connectivity index (χ0n) is 14.4. The van der Waals surface area contributed by atoms with Crippen molar-refractivity contribution < 1.29 is 33.0 Å². The molecule has 27 heavy (non-hydrogen) atoms. The Labute approximate surface area is 153 Å². The first kappa shape index (κ1) is 20.2. The first-order chi connectivity index (χ1) is 12.7. The highest BCUT2D eigenvalue weighted by Crippen LogP contribution is 2.20. The number of hydrogen-bond acceptors (Lipinski definition) is 6. The zero-order valence-corrected chi connectivity index (χ0v) is 14.4. The van der Waals surface area contributed by atoms with Gasteiger partial charge in [-0.05, 0) is 18.2 Å². The lowest BCUT2D eigenvalue weighted by Gasteiger charge is -2.25. The molecule has 9 heteroatoms. The Morgan fingerprint density at radius 1 is 1.44 bits per heavy atom. The van der Waals surface area contributed by atoms with Crippen molar-refractivity contribution in [2.24, 2.45) is 0 Å². The van der Waals surface area contributed by atoms with Crippen LogP contribution in [0.2, 0.25) is 0 Å². The minimum Gasteiger partial charge on any atom is -0.484 e. The number of methoxy groups -OCH3 is 1. The van der Waals surface area contributed by atoms with Crippen LogP contribution in [-0.2, 0) is 19.1 Å². The van der Waals surface area contributed by atoms with Crippen molar-refractivity contribution in [3.8, 4) is 0 Å². The van der Waals surface area contributed by atoms with Crippen LogP contribution in [0.25, 0.3) is 0 Å². The van der Waals surface area contributed by atoms with Crippen LogP contribution in [0.4, 0.5) is 8.78 Å². The Bertz CT molecular complexity index is 804. The van der Waals surface area contributed by atoms with Crippen LogP contribution in [0.5, 0.6) is 0 Å². The number of halogens is 2. The number of amides is 1. The number of carbonyl (C=O) groups is 2. The maximum absolute atomic E-state index is 13.3. The van der Waals surface area contributed by atoms with Gasteiger partial charge in [0.25, 0.3) is 5.91 Å². The molecule has 0 saturated carbocycles. The second kappa shape index (κ2) is 8.09. The van der Waals surface area contributed by atoms with Gasteiger partial charge in [-0.3, -0.25) is 4.79 Å². The van der Waals surface area contributed by atoms with E-state index in [2.05, 4.69) is 16.6 Å². The van der Waals surface area contributed by atoms with Crippen molar-refractivity contribution in [2.75, 3.05) is 13.7 Å². The van der Waals surface area contributed by atoms with E-state index in [9.17, 15) is 23.5 Å². The van der Waals surface area contributed by atoms with E-state index in [4.69, 9.17) is 10.1 Å². The third-order valence-electron chi connectivity index (χ3n) is 3.86. The van der Waals surface area contributed by atoms with Crippen LogP contribution in [0.1, 0.15) is 12.0 Å². The van der Waals surface area contributed by atoms with E-state index < -0.39 is 41.6 Å². The highest BCUT2D eigenvalue weighted by molar-refractivity contribution is 6.03. The number of ether oxygens (including phenoxy) is 2. The molecule has 1 aliphatic heterocycles. The molecule has 0 radical (unpaired) electrons. The maximum atomic E-state index is 13.3. The van der Waals surface area contributed by atoms with Crippen LogP contribution >= 0.6 is 0 Å². The average Bonchev–Trinajstić information content (AvgIpc) is 3.08. The van der Waals surface area contributed by atoms with Gasteiger partial charge in [0.15, 0.2) is 5.60 Å². The predicted molar refractivity (Wildman–Crippen MR) is 90.9 cm³/mol. The van der Waals surface area contributed by atoms with E-state index in [0.29, 0.717) is 6.07 Å². The van der Waals surface area contributed by atoms with Gasteiger partial charge in [-0.25, -0.2) is 13.6 Å². The number of benzene rings is 1. The van der Waals surface area contributed by atoms with E-state index >= 15 is 0 Å². The van der Waals surface area contributed by atoms with E-state index in [-0.39, 0.29) is 23.6 Å². The first-order valence-corrected chi connectivity index (χ1v) is 7.82. The monoisotopic (exact) mass is 380 g/mol.